The van der Waals surface area contributed by atoms with Crippen molar-refractivity contribution >= 4 is 5.97 Å². The molecule has 0 fully saturated rings. The van der Waals surface area contributed by atoms with Crippen molar-refractivity contribution in [3.8, 4) is 28.6 Å². The Morgan fingerprint density at radius 2 is 1.87 bits per heavy atom. The largest absolute Gasteiger partial charge is 0.497 e. The molecule has 0 aliphatic rings. The van der Waals surface area contributed by atoms with Crippen molar-refractivity contribution in [3.63, 3.8) is 0 Å². The van der Waals surface area contributed by atoms with E-state index in [0.717, 1.165) is 17.0 Å². The van der Waals surface area contributed by atoms with E-state index >= 15 is 0 Å². The third kappa shape index (κ3) is 4.58. The SMILES string of the molecule is CCOC(=O)c1nn(-c2ccccc2)cc1OCc1coc(-c2ccc(OC)cc2)n1. The summed E-state index contributed by atoms with van der Waals surface area (Å²) in [5.41, 5.74) is 2.29. The number of hydrogen-bond acceptors (Lipinski definition) is 7. The Hall–Kier alpha value is -4.07. The van der Waals surface area contributed by atoms with Gasteiger partial charge in [0.25, 0.3) is 0 Å². The Kier molecular flexibility index (Phi) is 5.98. The maximum absolute atomic E-state index is 12.3. The fourth-order valence-corrected chi connectivity index (χ4v) is 2.91. The third-order valence-corrected chi connectivity index (χ3v) is 4.43. The maximum atomic E-state index is 12.3. The van der Waals surface area contributed by atoms with Gasteiger partial charge in [-0.3, -0.25) is 0 Å². The lowest BCUT2D eigenvalue weighted by atomic mass is 10.2. The van der Waals surface area contributed by atoms with E-state index in [4.69, 9.17) is 18.6 Å². The minimum absolute atomic E-state index is 0.101. The molecule has 4 rings (SSSR count). The molecule has 2 aromatic heterocycles. The molecule has 0 unspecified atom stereocenters. The van der Waals surface area contributed by atoms with Crippen molar-refractivity contribution in [2.24, 2.45) is 0 Å². The Morgan fingerprint density at radius 3 is 2.58 bits per heavy atom. The number of rotatable bonds is 8. The van der Waals surface area contributed by atoms with E-state index in [0.29, 0.717) is 17.3 Å². The highest BCUT2D eigenvalue weighted by molar-refractivity contribution is 5.90. The van der Waals surface area contributed by atoms with Crippen molar-refractivity contribution in [2.45, 2.75) is 13.5 Å². The third-order valence-electron chi connectivity index (χ3n) is 4.43. The summed E-state index contributed by atoms with van der Waals surface area (Å²) >= 11 is 0. The van der Waals surface area contributed by atoms with Crippen molar-refractivity contribution in [1.29, 1.82) is 0 Å². The quantitative estimate of drug-likeness (QED) is 0.394. The highest BCUT2D eigenvalue weighted by atomic mass is 16.5. The summed E-state index contributed by atoms with van der Waals surface area (Å²) in [6.07, 6.45) is 3.16. The molecule has 0 atom stereocenters. The van der Waals surface area contributed by atoms with Gasteiger partial charge in [-0.05, 0) is 43.3 Å². The molecule has 158 valence electrons. The Balaban J connectivity index is 1.53. The molecule has 0 bridgehead atoms. The first-order valence-corrected chi connectivity index (χ1v) is 9.71. The summed E-state index contributed by atoms with van der Waals surface area (Å²) < 4.78 is 23.3. The number of methoxy groups -OCH3 is 1. The van der Waals surface area contributed by atoms with Crippen molar-refractivity contribution < 1.29 is 23.4 Å². The standard InChI is InChI=1S/C23H21N3O5/c1-3-29-23(27)21-20(13-26(25-21)18-7-5-4-6-8-18)30-14-17-15-31-22(24-17)16-9-11-19(28-2)12-10-16/h4-13,15H,3,14H2,1-2H3. The van der Waals surface area contributed by atoms with Gasteiger partial charge in [-0.15, -0.1) is 0 Å². The van der Waals surface area contributed by atoms with Crippen LogP contribution >= 0.6 is 0 Å². The monoisotopic (exact) mass is 419 g/mol. The number of hydrogen-bond donors (Lipinski definition) is 0. The number of oxazole rings is 1. The molecule has 0 N–H and O–H groups in total. The fraction of sp³-hybridized carbons (Fsp3) is 0.174. The van der Waals surface area contributed by atoms with Gasteiger partial charge < -0.3 is 18.6 Å². The van der Waals surface area contributed by atoms with Gasteiger partial charge in [-0.25, -0.2) is 14.5 Å². The summed E-state index contributed by atoms with van der Waals surface area (Å²) in [5, 5.41) is 4.34. The highest BCUT2D eigenvalue weighted by Crippen LogP contribution is 2.24. The Labute approximate surface area is 179 Å². The van der Waals surface area contributed by atoms with Gasteiger partial charge in [0.1, 0.15) is 24.3 Å². The lowest BCUT2D eigenvalue weighted by Crippen LogP contribution is -2.08. The fourth-order valence-electron chi connectivity index (χ4n) is 2.91. The summed E-state index contributed by atoms with van der Waals surface area (Å²) in [5.74, 6) is 0.968. The van der Waals surface area contributed by atoms with Crippen LogP contribution < -0.4 is 9.47 Å². The molecule has 0 radical (unpaired) electrons. The first-order chi connectivity index (χ1) is 15.2. The van der Waals surface area contributed by atoms with Gasteiger partial charge in [0, 0.05) is 5.56 Å². The molecule has 8 nitrogen and oxygen atoms in total. The highest BCUT2D eigenvalue weighted by Gasteiger charge is 2.21. The average Bonchev–Trinajstić information content (AvgIpc) is 3.46. The summed E-state index contributed by atoms with van der Waals surface area (Å²) in [6.45, 7) is 2.08. The molecular formula is C23H21N3O5. The molecule has 2 aromatic carbocycles. The van der Waals surface area contributed by atoms with Crippen LogP contribution in [0.1, 0.15) is 23.1 Å². The average molecular weight is 419 g/mol. The second-order valence-electron chi connectivity index (χ2n) is 6.50. The van der Waals surface area contributed by atoms with Gasteiger partial charge in [-0.2, -0.15) is 5.10 Å². The number of nitrogens with zero attached hydrogens (tertiary/aromatic N) is 3. The lowest BCUT2D eigenvalue weighted by molar-refractivity contribution is 0.0514. The van der Waals surface area contributed by atoms with Crippen LogP contribution in [0, 0.1) is 0 Å². The van der Waals surface area contributed by atoms with E-state index in [2.05, 4.69) is 10.1 Å². The first kappa shape index (κ1) is 20.2. The topological polar surface area (TPSA) is 88.6 Å². The van der Waals surface area contributed by atoms with Gasteiger partial charge in [-0.1, -0.05) is 18.2 Å². The summed E-state index contributed by atoms with van der Waals surface area (Å²) in [6, 6.07) is 16.8. The van der Waals surface area contributed by atoms with Crippen LogP contribution in [-0.4, -0.2) is 34.5 Å². The molecule has 0 aliphatic heterocycles. The molecule has 0 saturated heterocycles. The zero-order valence-corrected chi connectivity index (χ0v) is 17.1. The zero-order valence-electron chi connectivity index (χ0n) is 17.1. The number of para-hydroxylation sites is 1. The van der Waals surface area contributed by atoms with E-state index in [1.165, 1.54) is 6.26 Å². The molecule has 2 heterocycles. The van der Waals surface area contributed by atoms with E-state index in [1.807, 2.05) is 54.6 Å². The molecule has 0 amide bonds. The molecule has 8 heteroatoms. The van der Waals surface area contributed by atoms with Crippen LogP contribution in [0.15, 0.2) is 71.5 Å². The van der Waals surface area contributed by atoms with E-state index in [-0.39, 0.29) is 18.9 Å². The second-order valence-corrected chi connectivity index (χ2v) is 6.50. The van der Waals surface area contributed by atoms with Crippen molar-refractivity contribution in [1.82, 2.24) is 14.8 Å². The van der Waals surface area contributed by atoms with Crippen LogP contribution in [0.25, 0.3) is 17.1 Å². The van der Waals surface area contributed by atoms with Crippen LogP contribution in [0.2, 0.25) is 0 Å². The molecule has 0 spiro atoms. The number of ether oxygens (including phenoxy) is 3. The van der Waals surface area contributed by atoms with E-state index in [9.17, 15) is 4.79 Å². The number of carbonyl (C=O) groups is 1. The Bertz CT molecular complexity index is 1150. The predicted octanol–water partition coefficient (Wildman–Crippen LogP) is 4.29. The summed E-state index contributed by atoms with van der Waals surface area (Å²) in [4.78, 5) is 16.8. The first-order valence-electron chi connectivity index (χ1n) is 9.71. The molecule has 0 aliphatic carbocycles. The normalized spacial score (nSPS) is 10.6. The second kappa shape index (κ2) is 9.17. The Morgan fingerprint density at radius 1 is 1.10 bits per heavy atom. The number of aromatic nitrogens is 3. The molecule has 0 saturated carbocycles. The van der Waals surface area contributed by atoms with Crippen molar-refractivity contribution in [2.75, 3.05) is 13.7 Å². The van der Waals surface area contributed by atoms with E-state index in [1.54, 1.807) is 24.9 Å². The number of esters is 1. The van der Waals surface area contributed by atoms with Gasteiger partial charge in [0.05, 0.1) is 25.6 Å². The molecule has 31 heavy (non-hydrogen) atoms. The van der Waals surface area contributed by atoms with Crippen LogP contribution in [0.3, 0.4) is 0 Å². The van der Waals surface area contributed by atoms with E-state index < -0.39 is 5.97 Å². The number of carbonyl (C=O) groups excluding carboxylic acids is 1. The van der Waals surface area contributed by atoms with Crippen LogP contribution in [-0.2, 0) is 11.3 Å². The lowest BCUT2D eigenvalue weighted by Gasteiger charge is -2.03. The predicted molar refractivity (Wildman–Crippen MR) is 112 cm³/mol. The molecule has 4 aromatic rings. The maximum Gasteiger partial charge on any atom is 0.362 e. The smallest absolute Gasteiger partial charge is 0.362 e. The minimum Gasteiger partial charge on any atom is -0.497 e. The molecular weight excluding hydrogens is 398 g/mol. The number of benzene rings is 2. The zero-order chi connectivity index (χ0) is 21.6. The minimum atomic E-state index is -0.550. The summed E-state index contributed by atoms with van der Waals surface area (Å²) in [7, 11) is 1.61. The van der Waals surface area contributed by atoms with Gasteiger partial charge in [0.2, 0.25) is 11.6 Å². The van der Waals surface area contributed by atoms with Crippen LogP contribution in [0.4, 0.5) is 0 Å². The van der Waals surface area contributed by atoms with Gasteiger partial charge in [0.15, 0.2) is 5.75 Å². The van der Waals surface area contributed by atoms with Crippen LogP contribution in [0.5, 0.6) is 11.5 Å². The van der Waals surface area contributed by atoms with Crippen molar-refractivity contribution in [3.05, 3.63) is 78.4 Å². The van der Waals surface area contributed by atoms with Gasteiger partial charge >= 0.3 is 5.97 Å².